The number of nitrogens with one attached hydrogen (secondary N) is 1. The molecule has 3 rings (SSSR count). The Morgan fingerprint density at radius 2 is 2.07 bits per heavy atom. The van der Waals surface area contributed by atoms with Crippen LogP contribution in [0.15, 0.2) is 4.34 Å². The smallest absolute Gasteiger partial charge is 0.544 e. The van der Waals surface area contributed by atoms with Gasteiger partial charge >= 0.3 is 41.7 Å². The zero-order valence-corrected chi connectivity index (χ0v) is 18.7. The van der Waals surface area contributed by atoms with Crippen LogP contribution in [-0.2, 0) is 34.9 Å². The minimum atomic E-state index is -4.64. The zero-order chi connectivity index (χ0) is 21.4. The van der Waals surface area contributed by atoms with Crippen LogP contribution in [0.3, 0.4) is 0 Å². The molecule has 30 heavy (non-hydrogen) atoms. The Balaban J connectivity index is 0.00000320. The van der Waals surface area contributed by atoms with E-state index in [-0.39, 0.29) is 63.8 Å². The number of carbonyl (C=O) groups excluding carboxylic acids is 4. The molecule has 0 aromatic carbocycles. The molecule has 0 aliphatic carbocycles. The molecule has 1 unspecified atom stereocenters. The van der Waals surface area contributed by atoms with Crippen molar-refractivity contribution in [2.75, 3.05) is 12.4 Å². The fourth-order valence-corrected chi connectivity index (χ4v) is 4.02. The van der Waals surface area contributed by atoms with E-state index in [4.69, 9.17) is 9.57 Å². The molecule has 1 N–H and O–H groups in total. The number of carbonyl (C=O) groups is 4. The molecule has 11 nitrogen and oxygen atoms in total. The first-order valence-corrected chi connectivity index (χ1v) is 9.56. The number of rotatable bonds is 6. The first kappa shape index (κ1) is 24.8. The number of hydrogen-bond donors (Lipinski definition) is 1. The molecule has 2 saturated heterocycles. The Bertz CT molecular complexity index is 870. The van der Waals surface area contributed by atoms with Crippen LogP contribution in [0.25, 0.3) is 0 Å². The number of hydrogen-bond acceptors (Lipinski definition) is 11. The number of aromatic nitrogens is 2. The van der Waals surface area contributed by atoms with Gasteiger partial charge in [0.25, 0.3) is 11.6 Å². The number of cyclic esters (lactones) is 1. The van der Waals surface area contributed by atoms with Gasteiger partial charge < -0.3 is 20.0 Å². The largest absolute Gasteiger partial charge is 1.00 e. The van der Waals surface area contributed by atoms with Gasteiger partial charge in [0.2, 0.25) is 10.9 Å². The van der Waals surface area contributed by atoms with Crippen molar-refractivity contribution in [1.29, 1.82) is 0 Å². The molecule has 0 spiro atoms. The molecule has 0 bridgehead atoms. The molecule has 158 valence electrons. The molecule has 0 radical (unpaired) electrons. The van der Waals surface area contributed by atoms with Gasteiger partial charge in [0, 0.05) is 6.42 Å². The first-order valence-electron chi connectivity index (χ1n) is 7.76. The number of alkyl halides is 3. The van der Waals surface area contributed by atoms with Crippen LogP contribution in [0.1, 0.15) is 17.8 Å². The van der Waals surface area contributed by atoms with Gasteiger partial charge in [-0.15, -0.1) is 10.2 Å². The van der Waals surface area contributed by atoms with Crippen molar-refractivity contribution < 1.29 is 76.6 Å². The fraction of sp³-hybridized carbons (Fsp3) is 0.538. The summed E-state index contributed by atoms with van der Waals surface area (Å²) in [4.78, 5) is 52.1. The van der Waals surface area contributed by atoms with E-state index in [0.717, 1.165) is 0 Å². The summed E-state index contributed by atoms with van der Waals surface area (Å²) in [7, 11) is 0. The Morgan fingerprint density at radius 1 is 1.37 bits per heavy atom. The summed E-state index contributed by atoms with van der Waals surface area (Å²) in [5.41, 5.74) is -2.41. The fourth-order valence-electron chi connectivity index (χ4n) is 2.49. The molecule has 2 atom stereocenters. The molecule has 1 aromatic heterocycles. The molecule has 2 aliphatic rings. The van der Waals surface area contributed by atoms with Crippen LogP contribution < -0.4 is 40.0 Å². The second-order valence-electron chi connectivity index (χ2n) is 5.75. The molecular weight excluding hydrogens is 468 g/mol. The Labute approximate surface area is 195 Å². The number of carboxylic acid groups (broad SMARTS) is 1. The Hall–Kier alpha value is -1.46. The number of esters is 1. The summed E-state index contributed by atoms with van der Waals surface area (Å²) in [6, 6.07) is -1.28. The summed E-state index contributed by atoms with van der Waals surface area (Å²) in [5, 5.41) is 19.2. The minimum absolute atomic E-state index is 0. The van der Waals surface area contributed by atoms with Crippen molar-refractivity contribution in [2.24, 2.45) is 0 Å². The zero-order valence-electron chi connectivity index (χ0n) is 15.1. The van der Waals surface area contributed by atoms with Crippen LogP contribution in [0.4, 0.5) is 13.2 Å². The van der Waals surface area contributed by atoms with Crippen molar-refractivity contribution in [1.82, 2.24) is 20.6 Å². The van der Waals surface area contributed by atoms with Gasteiger partial charge in [-0.25, -0.2) is 0 Å². The van der Waals surface area contributed by atoms with Crippen LogP contribution in [0.2, 0.25) is 0 Å². The second-order valence-corrected chi connectivity index (χ2v) is 7.95. The van der Waals surface area contributed by atoms with Crippen molar-refractivity contribution >= 4 is 46.9 Å². The standard InChI is InChI=1S/C13H11F3N4O7S2.Na/c14-13(15,16)9-18-19-11(29-9)28-4-6(21)17-5-3-26-20(8(5)23)12(10(24)25)2-1-7(22)27-12;/h5H,1-4H2,(H,17,21)(H,24,25);/q;+1/p-1/t5-,12?;/m0./s1. The Kier molecular flexibility index (Phi) is 7.73. The molecule has 2 fully saturated rings. The van der Waals surface area contributed by atoms with E-state index in [0.29, 0.717) is 16.8 Å². The van der Waals surface area contributed by atoms with E-state index in [1.165, 1.54) is 0 Å². The molecule has 17 heteroatoms. The Morgan fingerprint density at radius 3 is 2.60 bits per heavy atom. The topological polar surface area (TPSA) is 151 Å². The number of carboxylic acids is 1. The normalized spacial score (nSPS) is 23.8. The average Bonchev–Trinajstić information content (AvgIpc) is 3.33. The van der Waals surface area contributed by atoms with E-state index in [1.54, 1.807) is 0 Å². The minimum Gasteiger partial charge on any atom is -0.544 e. The summed E-state index contributed by atoms with van der Waals surface area (Å²) in [6.45, 7) is -0.432. The first-order chi connectivity index (χ1) is 13.5. The summed E-state index contributed by atoms with van der Waals surface area (Å²) in [5.74, 6) is -4.80. The number of halogens is 3. The van der Waals surface area contributed by atoms with Gasteiger partial charge in [0.05, 0.1) is 12.2 Å². The van der Waals surface area contributed by atoms with E-state index in [1.807, 2.05) is 0 Å². The number of amides is 2. The van der Waals surface area contributed by atoms with E-state index >= 15 is 0 Å². The second kappa shape index (κ2) is 9.35. The van der Waals surface area contributed by atoms with Gasteiger partial charge in [-0.3, -0.25) is 19.2 Å². The van der Waals surface area contributed by atoms with Crippen molar-refractivity contribution in [3.63, 3.8) is 0 Å². The molecule has 0 saturated carbocycles. The maximum absolute atomic E-state index is 12.5. The third-order valence-electron chi connectivity index (χ3n) is 3.78. The maximum Gasteiger partial charge on any atom is 1.00 e. The summed E-state index contributed by atoms with van der Waals surface area (Å²) in [6.07, 6.45) is -5.29. The third-order valence-corrected chi connectivity index (χ3v) is 5.88. The number of thioether (sulfide) groups is 1. The van der Waals surface area contributed by atoms with Gasteiger partial charge in [-0.1, -0.05) is 23.1 Å². The third kappa shape index (κ3) is 5.05. The van der Waals surface area contributed by atoms with Crippen molar-refractivity contribution in [3.8, 4) is 0 Å². The maximum atomic E-state index is 12.5. The molecule has 2 amide bonds. The SMILES string of the molecule is O=C(CSc1nnc(C(F)(F)F)s1)N[C@H]1CON(C2(C(=O)[O-])CCC(=O)O2)C1=O.[Na+]. The monoisotopic (exact) mass is 478 g/mol. The predicted molar refractivity (Wildman–Crippen MR) is 83.4 cm³/mol. The van der Waals surface area contributed by atoms with Gasteiger partial charge in [-0.2, -0.15) is 18.2 Å². The van der Waals surface area contributed by atoms with Crippen LogP contribution in [0.5, 0.6) is 0 Å². The van der Waals surface area contributed by atoms with Crippen molar-refractivity contribution in [3.05, 3.63) is 5.01 Å². The van der Waals surface area contributed by atoms with Crippen molar-refractivity contribution in [2.45, 2.75) is 35.1 Å². The molecular formula is C13H10F3N4NaO7S2. The number of nitrogens with zero attached hydrogens (tertiary/aromatic N) is 3. The average molecular weight is 478 g/mol. The van der Waals surface area contributed by atoms with E-state index in [9.17, 15) is 37.5 Å². The number of hydroxylamine groups is 2. The van der Waals surface area contributed by atoms with Crippen LogP contribution in [0, 0.1) is 0 Å². The number of ether oxygens (including phenoxy) is 1. The predicted octanol–water partition coefficient (Wildman–Crippen LogP) is -4.31. The summed E-state index contributed by atoms with van der Waals surface area (Å²) >= 11 is 0.935. The molecule has 3 heterocycles. The van der Waals surface area contributed by atoms with Gasteiger partial charge in [0.1, 0.15) is 18.6 Å². The van der Waals surface area contributed by atoms with Crippen LogP contribution in [-0.4, -0.2) is 63.1 Å². The quantitative estimate of drug-likeness (QED) is 0.242. The van der Waals surface area contributed by atoms with Gasteiger partial charge in [-0.05, 0) is 0 Å². The molecule has 2 aliphatic heterocycles. The van der Waals surface area contributed by atoms with Crippen LogP contribution >= 0.6 is 23.1 Å². The van der Waals surface area contributed by atoms with Gasteiger partial charge in [0.15, 0.2) is 4.34 Å². The van der Waals surface area contributed by atoms with E-state index < -0.39 is 53.3 Å². The van der Waals surface area contributed by atoms with E-state index in [2.05, 4.69) is 15.5 Å². The molecule has 1 aromatic rings. The summed E-state index contributed by atoms with van der Waals surface area (Å²) < 4.78 is 42.0. The number of aliphatic carboxylic acids is 1.